The van der Waals surface area contributed by atoms with Crippen LogP contribution in [0.15, 0.2) is 22.7 Å². The van der Waals surface area contributed by atoms with Gasteiger partial charge in [0.15, 0.2) is 0 Å². The first-order valence-electron chi connectivity index (χ1n) is 4.58. The molecule has 0 heterocycles. The highest BCUT2D eigenvalue weighted by atomic mass is 79.9. The van der Waals surface area contributed by atoms with Gasteiger partial charge in [-0.15, -0.1) is 0 Å². The first-order valence-corrected chi connectivity index (χ1v) is 5.37. The second kappa shape index (κ2) is 5.85. The van der Waals surface area contributed by atoms with Crippen molar-refractivity contribution in [1.82, 2.24) is 0 Å². The van der Waals surface area contributed by atoms with Crippen LogP contribution in [0.1, 0.15) is 17.5 Å². The molecule has 0 aliphatic heterocycles. The molecule has 0 unspecified atom stereocenters. The van der Waals surface area contributed by atoms with E-state index in [4.69, 9.17) is 0 Å². The van der Waals surface area contributed by atoms with Crippen molar-refractivity contribution in [2.24, 2.45) is 0 Å². The normalized spacial score (nSPS) is 10.1. The zero-order chi connectivity index (χ0) is 11.3. The van der Waals surface area contributed by atoms with Crippen molar-refractivity contribution in [3.8, 4) is 0 Å². The second-order valence-electron chi connectivity index (χ2n) is 3.09. The van der Waals surface area contributed by atoms with Gasteiger partial charge < -0.3 is 4.74 Å². The summed E-state index contributed by atoms with van der Waals surface area (Å²) in [5.74, 6) is -0.278. The zero-order valence-electron chi connectivity index (χ0n) is 8.43. The van der Waals surface area contributed by atoms with Crippen molar-refractivity contribution in [2.45, 2.75) is 19.5 Å². The highest BCUT2D eigenvalue weighted by Crippen LogP contribution is 2.22. The highest BCUT2D eigenvalue weighted by Gasteiger charge is 2.08. The predicted octanol–water partition coefficient (Wildman–Crippen LogP) is 3.02. The van der Waals surface area contributed by atoms with Crippen LogP contribution in [0.4, 0.5) is 4.39 Å². The lowest BCUT2D eigenvalue weighted by atomic mass is 10.0. The molecule has 1 aromatic carbocycles. The van der Waals surface area contributed by atoms with E-state index in [0.717, 1.165) is 10.0 Å². The minimum absolute atomic E-state index is 0.278. The molecule has 0 spiro atoms. The SMILES string of the molecule is COC(=O)CCc1cccc(Br)c1CF. The average molecular weight is 275 g/mol. The molecular weight excluding hydrogens is 263 g/mol. The Hall–Kier alpha value is -0.900. The summed E-state index contributed by atoms with van der Waals surface area (Å²) < 4.78 is 18.0. The van der Waals surface area contributed by atoms with Gasteiger partial charge in [0.1, 0.15) is 6.67 Å². The van der Waals surface area contributed by atoms with E-state index in [2.05, 4.69) is 20.7 Å². The molecule has 2 nitrogen and oxygen atoms in total. The number of carbonyl (C=O) groups is 1. The fraction of sp³-hybridized carbons (Fsp3) is 0.364. The van der Waals surface area contributed by atoms with Crippen LogP contribution in [0.2, 0.25) is 0 Å². The Bertz CT molecular complexity index is 352. The van der Waals surface area contributed by atoms with Crippen LogP contribution in [-0.2, 0) is 22.6 Å². The molecule has 0 atom stereocenters. The van der Waals surface area contributed by atoms with Gasteiger partial charge in [0, 0.05) is 16.5 Å². The highest BCUT2D eigenvalue weighted by molar-refractivity contribution is 9.10. The van der Waals surface area contributed by atoms with Crippen molar-refractivity contribution < 1.29 is 13.9 Å². The molecule has 1 rings (SSSR count). The predicted molar refractivity (Wildman–Crippen MR) is 59.3 cm³/mol. The summed E-state index contributed by atoms with van der Waals surface area (Å²) in [6, 6.07) is 5.44. The van der Waals surface area contributed by atoms with Gasteiger partial charge in [-0.05, 0) is 18.1 Å². The number of halogens is 2. The maximum Gasteiger partial charge on any atom is 0.305 e. The monoisotopic (exact) mass is 274 g/mol. The third kappa shape index (κ3) is 3.30. The summed E-state index contributed by atoms with van der Waals surface area (Å²) in [5, 5.41) is 0. The first-order chi connectivity index (χ1) is 7.19. The van der Waals surface area contributed by atoms with E-state index in [1.165, 1.54) is 7.11 Å². The molecule has 82 valence electrons. The number of carbonyl (C=O) groups excluding carboxylic acids is 1. The largest absolute Gasteiger partial charge is 0.469 e. The zero-order valence-corrected chi connectivity index (χ0v) is 10.0. The lowest BCUT2D eigenvalue weighted by molar-refractivity contribution is -0.140. The van der Waals surface area contributed by atoms with Gasteiger partial charge in [0.2, 0.25) is 0 Å². The Kier molecular flexibility index (Phi) is 4.75. The van der Waals surface area contributed by atoms with E-state index in [-0.39, 0.29) is 12.4 Å². The fourth-order valence-corrected chi connectivity index (χ4v) is 1.84. The molecule has 4 heteroatoms. The second-order valence-corrected chi connectivity index (χ2v) is 3.94. The third-order valence-corrected chi connectivity index (χ3v) is 2.92. The summed E-state index contributed by atoms with van der Waals surface area (Å²) >= 11 is 3.28. The number of aryl methyl sites for hydroxylation is 1. The van der Waals surface area contributed by atoms with Crippen LogP contribution < -0.4 is 0 Å². The molecule has 1 aromatic rings. The lowest BCUT2D eigenvalue weighted by Crippen LogP contribution is -2.03. The summed E-state index contributed by atoms with van der Waals surface area (Å²) in [7, 11) is 1.35. The fourth-order valence-electron chi connectivity index (χ4n) is 1.33. The molecule has 0 fully saturated rings. The Morgan fingerprint density at radius 3 is 2.87 bits per heavy atom. The molecule has 0 aliphatic carbocycles. The number of rotatable bonds is 4. The van der Waals surface area contributed by atoms with Gasteiger partial charge in [0.05, 0.1) is 7.11 Å². The molecule has 0 aromatic heterocycles. The van der Waals surface area contributed by atoms with Gasteiger partial charge in [-0.1, -0.05) is 28.1 Å². The van der Waals surface area contributed by atoms with Gasteiger partial charge in [0.25, 0.3) is 0 Å². The van der Waals surface area contributed by atoms with Crippen molar-refractivity contribution >= 4 is 21.9 Å². The molecule has 0 saturated heterocycles. The lowest BCUT2D eigenvalue weighted by Gasteiger charge is -2.07. The minimum Gasteiger partial charge on any atom is -0.469 e. The topological polar surface area (TPSA) is 26.3 Å². The first kappa shape index (κ1) is 12.2. The van der Waals surface area contributed by atoms with Crippen molar-refractivity contribution in [1.29, 1.82) is 0 Å². The third-order valence-electron chi connectivity index (χ3n) is 2.18. The number of esters is 1. The average Bonchev–Trinajstić information content (AvgIpc) is 2.25. The smallest absolute Gasteiger partial charge is 0.305 e. The minimum atomic E-state index is -0.530. The Morgan fingerprint density at radius 2 is 2.27 bits per heavy atom. The molecule has 0 saturated carbocycles. The molecule has 0 radical (unpaired) electrons. The quantitative estimate of drug-likeness (QED) is 0.789. The number of benzene rings is 1. The number of ether oxygens (including phenoxy) is 1. The van der Waals surface area contributed by atoms with Crippen LogP contribution in [-0.4, -0.2) is 13.1 Å². The standard InChI is InChI=1S/C11H12BrFO2/c1-15-11(14)6-5-8-3-2-4-10(12)9(8)7-13/h2-4H,5-7H2,1H3. The van der Waals surface area contributed by atoms with E-state index >= 15 is 0 Å². The van der Waals surface area contributed by atoms with Crippen molar-refractivity contribution in [3.63, 3.8) is 0 Å². The maximum absolute atomic E-state index is 12.7. The van der Waals surface area contributed by atoms with E-state index in [1.54, 1.807) is 6.07 Å². The number of hydrogen-bond acceptors (Lipinski definition) is 2. The van der Waals surface area contributed by atoms with Crippen molar-refractivity contribution in [3.05, 3.63) is 33.8 Å². The summed E-state index contributed by atoms with van der Waals surface area (Å²) in [5.41, 5.74) is 1.46. The van der Waals surface area contributed by atoms with Crippen LogP contribution in [0.3, 0.4) is 0 Å². The number of alkyl halides is 1. The van der Waals surface area contributed by atoms with Crippen LogP contribution in [0.25, 0.3) is 0 Å². The maximum atomic E-state index is 12.7. The van der Waals surface area contributed by atoms with Crippen molar-refractivity contribution in [2.75, 3.05) is 7.11 Å². The molecule has 15 heavy (non-hydrogen) atoms. The Labute approximate surface area is 96.6 Å². The molecule has 0 aliphatic rings. The van der Waals surface area contributed by atoms with Gasteiger partial charge >= 0.3 is 5.97 Å². The summed E-state index contributed by atoms with van der Waals surface area (Å²) in [4.78, 5) is 10.9. The number of methoxy groups -OCH3 is 1. The molecule has 0 amide bonds. The van der Waals surface area contributed by atoms with Crippen LogP contribution >= 0.6 is 15.9 Å². The van der Waals surface area contributed by atoms with E-state index < -0.39 is 6.67 Å². The van der Waals surface area contributed by atoms with Crippen LogP contribution in [0.5, 0.6) is 0 Å². The number of hydrogen-bond donors (Lipinski definition) is 0. The van der Waals surface area contributed by atoms with Crippen LogP contribution in [0, 0.1) is 0 Å². The molecular formula is C11H12BrFO2. The van der Waals surface area contributed by atoms with Gasteiger partial charge in [-0.3, -0.25) is 4.79 Å². The van der Waals surface area contributed by atoms with E-state index in [9.17, 15) is 9.18 Å². The van der Waals surface area contributed by atoms with E-state index in [1.807, 2.05) is 12.1 Å². The van der Waals surface area contributed by atoms with Gasteiger partial charge in [-0.2, -0.15) is 0 Å². The van der Waals surface area contributed by atoms with Gasteiger partial charge in [-0.25, -0.2) is 4.39 Å². The summed E-state index contributed by atoms with van der Waals surface area (Å²) in [6.45, 7) is -0.530. The Balaban J connectivity index is 2.76. The van der Waals surface area contributed by atoms with E-state index in [0.29, 0.717) is 12.0 Å². The summed E-state index contributed by atoms with van der Waals surface area (Å²) in [6.07, 6.45) is 0.783. The Morgan fingerprint density at radius 1 is 1.53 bits per heavy atom. The molecule has 0 bridgehead atoms. The molecule has 0 N–H and O–H groups in total.